The van der Waals surface area contributed by atoms with Crippen LogP contribution in [0.25, 0.3) is 0 Å². The molecule has 4 aromatic rings. The van der Waals surface area contributed by atoms with Crippen LogP contribution in [-0.2, 0) is 32.4 Å². The lowest BCUT2D eigenvalue weighted by atomic mass is 9.86. The average Bonchev–Trinajstić information content (AvgIpc) is 3.29. The fourth-order valence-electron chi connectivity index (χ4n) is 8.04. The molecule has 68 heavy (non-hydrogen) atoms. The Labute approximate surface area is 405 Å². The van der Waals surface area contributed by atoms with E-state index in [-0.39, 0.29) is 48.8 Å². The summed E-state index contributed by atoms with van der Waals surface area (Å²) in [6, 6.07) is 34.0. The highest BCUT2D eigenvalue weighted by Gasteiger charge is 2.27. The SMILES string of the molecule is CC(C)C(=O)Oc1ccc(CO)cc1[C@@H](CCN(C(C)C)C(C)C)c1ccccc1.CC(C)C(=O)Oc1ccc(CO)cc1[C@@H](CC[NH+](C(C)C)C(C)C)c1ccccc1.O=C(O)/C=C/C(=O)O. The van der Waals surface area contributed by atoms with E-state index in [9.17, 15) is 29.4 Å². The fraction of sp³-hybridized carbons (Fsp3) is 0.464. The third-order valence-corrected chi connectivity index (χ3v) is 11.6. The first-order valence-electron chi connectivity index (χ1n) is 23.9. The third kappa shape index (κ3) is 19.9. The first kappa shape index (κ1) is 58.5. The molecule has 0 saturated carbocycles. The van der Waals surface area contributed by atoms with Crippen LogP contribution < -0.4 is 14.4 Å². The van der Waals surface area contributed by atoms with Gasteiger partial charge in [0.2, 0.25) is 0 Å². The number of aliphatic hydroxyl groups is 2. The van der Waals surface area contributed by atoms with E-state index >= 15 is 0 Å². The van der Waals surface area contributed by atoms with Gasteiger partial charge in [0.05, 0.1) is 43.7 Å². The van der Waals surface area contributed by atoms with Crippen molar-refractivity contribution < 1.29 is 54.0 Å². The van der Waals surface area contributed by atoms with Crippen molar-refractivity contribution in [2.45, 2.75) is 145 Å². The predicted molar refractivity (Wildman–Crippen MR) is 269 cm³/mol. The molecule has 0 spiro atoms. The molecule has 0 unspecified atom stereocenters. The van der Waals surface area contributed by atoms with E-state index in [0.717, 1.165) is 48.2 Å². The lowest BCUT2D eigenvalue weighted by Gasteiger charge is -2.32. The molecule has 0 saturated heterocycles. The van der Waals surface area contributed by atoms with Crippen LogP contribution in [-0.4, -0.2) is 86.5 Å². The highest BCUT2D eigenvalue weighted by atomic mass is 16.5. The summed E-state index contributed by atoms with van der Waals surface area (Å²) in [5, 5.41) is 35.1. The molecule has 0 radical (unpaired) electrons. The van der Waals surface area contributed by atoms with Gasteiger partial charge in [0, 0.05) is 53.6 Å². The van der Waals surface area contributed by atoms with Gasteiger partial charge in [-0.1, -0.05) is 100 Å². The molecule has 0 bridgehead atoms. The van der Waals surface area contributed by atoms with Crippen LogP contribution in [0, 0.1) is 11.8 Å². The van der Waals surface area contributed by atoms with Crippen LogP contribution in [0.15, 0.2) is 109 Å². The number of hydrogen-bond acceptors (Lipinski definition) is 9. The topological polar surface area (TPSA) is 175 Å². The van der Waals surface area contributed by atoms with E-state index in [1.165, 1.54) is 11.1 Å². The minimum absolute atomic E-state index is 0.0394. The van der Waals surface area contributed by atoms with Crippen LogP contribution >= 0.6 is 0 Å². The van der Waals surface area contributed by atoms with Crippen molar-refractivity contribution in [3.05, 3.63) is 143 Å². The fourth-order valence-corrected chi connectivity index (χ4v) is 8.04. The Kier molecular flexibility index (Phi) is 25.8. The quantitative estimate of drug-likeness (QED) is 0.0289. The van der Waals surface area contributed by atoms with Gasteiger partial charge in [-0.25, -0.2) is 9.59 Å². The number of carboxylic acid groups (broad SMARTS) is 2. The van der Waals surface area contributed by atoms with Crippen LogP contribution in [0.4, 0.5) is 0 Å². The monoisotopic (exact) mass is 940 g/mol. The first-order chi connectivity index (χ1) is 32.1. The molecule has 0 fully saturated rings. The Hall–Kier alpha value is -5.66. The van der Waals surface area contributed by atoms with E-state index in [0.29, 0.717) is 47.8 Å². The molecular weight excluding hydrogens is 861 g/mol. The molecular formula is C56H79N2O10+. The van der Waals surface area contributed by atoms with Gasteiger partial charge in [0.25, 0.3) is 0 Å². The van der Waals surface area contributed by atoms with Gasteiger partial charge in [0.1, 0.15) is 11.5 Å². The molecule has 0 amide bonds. The van der Waals surface area contributed by atoms with Crippen LogP contribution in [0.5, 0.6) is 11.5 Å². The minimum atomic E-state index is -1.26. The zero-order valence-electron chi connectivity index (χ0n) is 42.4. The van der Waals surface area contributed by atoms with Crippen molar-refractivity contribution in [3.8, 4) is 11.5 Å². The van der Waals surface area contributed by atoms with Gasteiger partial charge < -0.3 is 34.8 Å². The van der Waals surface area contributed by atoms with Crippen LogP contribution in [0.1, 0.15) is 141 Å². The Bertz CT molecular complexity index is 2000. The Balaban J connectivity index is 0.000000402. The highest BCUT2D eigenvalue weighted by Crippen LogP contribution is 2.37. The molecule has 5 N–H and O–H groups in total. The lowest BCUT2D eigenvalue weighted by molar-refractivity contribution is -0.942. The van der Waals surface area contributed by atoms with Gasteiger partial charge in [-0.2, -0.15) is 0 Å². The zero-order valence-corrected chi connectivity index (χ0v) is 42.4. The van der Waals surface area contributed by atoms with Gasteiger partial charge >= 0.3 is 23.9 Å². The summed E-state index contributed by atoms with van der Waals surface area (Å²) in [4.78, 5) is 47.8. The molecule has 4 rings (SSSR count). The smallest absolute Gasteiger partial charge is 0.328 e. The summed E-state index contributed by atoms with van der Waals surface area (Å²) in [6.45, 7) is 27.1. The minimum Gasteiger partial charge on any atom is -0.478 e. The first-order valence-corrected chi connectivity index (χ1v) is 23.9. The summed E-state index contributed by atoms with van der Waals surface area (Å²) in [5.41, 5.74) is 5.94. The second-order valence-electron chi connectivity index (χ2n) is 18.8. The number of aliphatic carboxylic acids is 2. The van der Waals surface area contributed by atoms with Crippen molar-refractivity contribution in [3.63, 3.8) is 0 Å². The number of ether oxygens (including phenoxy) is 2. The Morgan fingerprint density at radius 3 is 1.22 bits per heavy atom. The number of aliphatic hydroxyl groups excluding tert-OH is 2. The number of quaternary nitrogens is 1. The molecule has 0 heterocycles. The van der Waals surface area contributed by atoms with Gasteiger partial charge in [-0.05, 0) is 115 Å². The zero-order chi connectivity index (χ0) is 51.1. The predicted octanol–water partition coefficient (Wildman–Crippen LogP) is 9.06. The van der Waals surface area contributed by atoms with Crippen molar-refractivity contribution in [1.82, 2.24) is 4.90 Å². The summed E-state index contributed by atoms with van der Waals surface area (Å²) >= 11 is 0. The number of benzene rings is 4. The van der Waals surface area contributed by atoms with Crippen molar-refractivity contribution in [1.29, 1.82) is 0 Å². The summed E-state index contributed by atoms with van der Waals surface area (Å²) < 4.78 is 11.6. The number of hydrogen-bond donors (Lipinski definition) is 5. The summed E-state index contributed by atoms with van der Waals surface area (Å²) in [5.74, 6) is -2.08. The summed E-state index contributed by atoms with van der Waals surface area (Å²) in [6.07, 6.45) is 2.93. The largest absolute Gasteiger partial charge is 0.478 e. The molecule has 12 heteroatoms. The number of esters is 2. The van der Waals surface area contributed by atoms with Crippen LogP contribution in [0.3, 0.4) is 0 Å². The molecule has 372 valence electrons. The van der Waals surface area contributed by atoms with Crippen molar-refractivity contribution in [2.24, 2.45) is 11.8 Å². The molecule has 0 aromatic heterocycles. The Morgan fingerprint density at radius 1 is 0.544 bits per heavy atom. The highest BCUT2D eigenvalue weighted by molar-refractivity contribution is 5.89. The maximum Gasteiger partial charge on any atom is 0.328 e. The van der Waals surface area contributed by atoms with E-state index in [1.54, 1.807) is 4.90 Å². The molecule has 12 nitrogen and oxygen atoms in total. The van der Waals surface area contributed by atoms with Gasteiger partial charge in [0.15, 0.2) is 0 Å². The number of nitrogens with zero attached hydrogens (tertiary/aromatic N) is 1. The molecule has 2 atom stereocenters. The lowest BCUT2D eigenvalue weighted by Crippen LogP contribution is -3.17. The normalized spacial score (nSPS) is 12.4. The standard InChI is InChI=1S/2C26H37NO3.C4H4O4/c2*1-18(2)26(29)30-25-13-12-21(17-28)16-24(25)23(22-10-8-7-9-11-22)14-15-27(19(3)4)20(5)6;5-3(6)1-2-4(7)8/h2*7-13,16,18-20,23,28H,14-15,17H2,1-6H3;1-2H,(H,5,6)(H,7,8)/p+1/b;;2-1+/t2*23-;/m00./s1. The Morgan fingerprint density at radius 2 is 0.912 bits per heavy atom. The maximum absolute atomic E-state index is 12.3. The van der Waals surface area contributed by atoms with Gasteiger partial charge in [-0.3, -0.25) is 14.5 Å². The molecule has 0 aliphatic rings. The number of carbonyl (C=O) groups is 4. The molecule has 0 aliphatic heterocycles. The van der Waals surface area contributed by atoms with E-state index in [1.807, 2.05) is 100 Å². The number of carbonyl (C=O) groups excluding carboxylic acids is 2. The molecule has 4 aromatic carbocycles. The van der Waals surface area contributed by atoms with E-state index < -0.39 is 11.9 Å². The van der Waals surface area contributed by atoms with Gasteiger partial charge in [-0.15, -0.1) is 0 Å². The second-order valence-corrected chi connectivity index (χ2v) is 18.8. The van der Waals surface area contributed by atoms with E-state index in [4.69, 9.17) is 19.7 Å². The van der Waals surface area contributed by atoms with Crippen LogP contribution in [0.2, 0.25) is 0 Å². The van der Waals surface area contributed by atoms with Crippen molar-refractivity contribution in [2.75, 3.05) is 13.1 Å². The maximum atomic E-state index is 12.3. The number of rotatable bonds is 22. The molecule has 0 aliphatic carbocycles. The number of carboxylic acids is 2. The summed E-state index contributed by atoms with van der Waals surface area (Å²) in [7, 11) is 0. The second kappa shape index (κ2) is 30.0. The van der Waals surface area contributed by atoms with Crippen molar-refractivity contribution >= 4 is 23.9 Å². The van der Waals surface area contributed by atoms with E-state index in [2.05, 4.69) is 84.6 Å². The average molecular weight is 940 g/mol. The third-order valence-electron chi connectivity index (χ3n) is 11.6. The number of nitrogens with one attached hydrogen (secondary N) is 1.